The Morgan fingerprint density at radius 2 is 2.05 bits per heavy atom. The molecule has 0 radical (unpaired) electrons. The predicted octanol–water partition coefficient (Wildman–Crippen LogP) is 2.59. The molecule has 0 bridgehead atoms. The van der Waals surface area contributed by atoms with Crippen molar-refractivity contribution < 1.29 is 14.1 Å². The maximum Gasteiger partial charge on any atom is 0.220 e. The molecule has 0 spiro atoms. The number of carbonyl (C=O) groups excluding carboxylic acids is 1. The lowest BCUT2D eigenvalue weighted by molar-refractivity contribution is -0.121. The van der Waals surface area contributed by atoms with Crippen LogP contribution in [0.2, 0.25) is 0 Å². The van der Waals surface area contributed by atoms with Gasteiger partial charge in [0.05, 0.1) is 12.8 Å². The molecule has 1 aromatic carbocycles. The van der Waals surface area contributed by atoms with Gasteiger partial charge in [0.2, 0.25) is 5.91 Å². The van der Waals surface area contributed by atoms with Gasteiger partial charge in [-0.2, -0.15) is 0 Å². The van der Waals surface area contributed by atoms with E-state index in [9.17, 15) is 4.79 Å². The highest BCUT2D eigenvalue weighted by Gasteiger charge is 2.10. The number of aryl methyl sites for hydroxylation is 3. The van der Waals surface area contributed by atoms with Gasteiger partial charge in [-0.05, 0) is 38.3 Å². The summed E-state index contributed by atoms with van der Waals surface area (Å²) in [6.07, 6.45) is 1.85. The van der Waals surface area contributed by atoms with Crippen LogP contribution in [-0.4, -0.2) is 24.7 Å². The van der Waals surface area contributed by atoms with Crippen LogP contribution >= 0.6 is 0 Å². The largest absolute Gasteiger partial charge is 0.496 e. The molecule has 0 aliphatic rings. The van der Waals surface area contributed by atoms with E-state index in [0.717, 1.165) is 34.8 Å². The molecule has 118 valence electrons. The number of hydrogen-bond acceptors (Lipinski definition) is 4. The SMILES string of the molecule is COc1ccccc1CCC(=O)NCCc1c(C)noc1C. The Kier molecular flexibility index (Phi) is 5.58. The molecular formula is C17H22N2O3. The molecule has 1 amide bonds. The monoisotopic (exact) mass is 302 g/mol. The maximum atomic E-state index is 11.9. The topological polar surface area (TPSA) is 64.4 Å². The Morgan fingerprint density at radius 3 is 2.73 bits per heavy atom. The molecule has 0 atom stereocenters. The maximum absolute atomic E-state index is 11.9. The minimum atomic E-state index is 0.0395. The number of nitrogens with one attached hydrogen (secondary N) is 1. The highest BCUT2D eigenvalue weighted by molar-refractivity contribution is 5.76. The minimum absolute atomic E-state index is 0.0395. The van der Waals surface area contributed by atoms with Crippen LogP contribution in [0.15, 0.2) is 28.8 Å². The Balaban J connectivity index is 1.77. The van der Waals surface area contributed by atoms with E-state index in [1.165, 1.54) is 0 Å². The Labute approximate surface area is 130 Å². The Hall–Kier alpha value is -2.30. The molecule has 1 N–H and O–H groups in total. The van der Waals surface area contributed by atoms with Gasteiger partial charge in [0.25, 0.3) is 0 Å². The molecule has 2 rings (SSSR count). The predicted molar refractivity (Wildman–Crippen MR) is 84.0 cm³/mol. The lowest BCUT2D eigenvalue weighted by atomic mass is 10.1. The molecule has 0 fully saturated rings. The molecule has 5 heteroatoms. The van der Waals surface area contributed by atoms with Crippen LogP contribution < -0.4 is 10.1 Å². The fourth-order valence-electron chi connectivity index (χ4n) is 2.43. The number of benzene rings is 1. The van der Waals surface area contributed by atoms with Gasteiger partial charge in [0.15, 0.2) is 0 Å². The molecule has 1 heterocycles. The minimum Gasteiger partial charge on any atom is -0.496 e. The Morgan fingerprint density at radius 1 is 1.27 bits per heavy atom. The fourth-order valence-corrected chi connectivity index (χ4v) is 2.43. The van der Waals surface area contributed by atoms with Gasteiger partial charge in [-0.1, -0.05) is 23.4 Å². The number of methoxy groups -OCH3 is 1. The van der Waals surface area contributed by atoms with E-state index >= 15 is 0 Å². The van der Waals surface area contributed by atoms with Gasteiger partial charge in [-0.25, -0.2) is 0 Å². The number of carbonyl (C=O) groups is 1. The van der Waals surface area contributed by atoms with Crippen molar-refractivity contribution in [2.45, 2.75) is 33.1 Å². The molecule has 5 nitrogen and oxygen atoms in total. The van der Waals surface area contributed by atoms with Gasteiger partial charge in [0.1, 0.15) is 11.5 Å². The molecule has 0 aliphatic carbocycles. The van der Waals surface area contributed by atoms with Crippen molar-refractivity contribution in [3.8, 4) is 5.75 Å². The van der Waals surface area contributed by atoms with Crippen molar-refractivity contribution in [1.29, 1.82) is 0 Å². The van der Waals surface area contributed by atoms with Crippen molar-refractivity contribution in [3.63, 3.8) is 0 Å². The summed E-state index contributed by atoms with van der Waals surface area (Å²) in [7, 11) is 1.64. The second-order valence-electron chi connectivity index (χ2n) is 5.21. The van der Waals surface area contributed by atoms with E-state index < -0.39 is 0 Å². The second-order valence-corrected chi connectivity index (χ2v) is 5.21. The van der Waals surface area contributed by atoms with Crippen molar-refractivity contribution in [2.24, 2.45) is 0 Å². The lowest BCUT2D eigenvalue weighted by Crippen LogP contribution is -2.26. The van der Waals surface area contributed by atoms with Crippen molar-refractivity contribution in [3.05, 3.63) is 46.8 Å². The van der Waals surface area contributed by atoms with Crippen LogP contribution in [0, 0.1) is 13.8 Å². The summed E-state index contributed by atoms with van der Waals surface area (Å²) >= 11 is 0. The van der Waals surface area contributed by atoms with Gasteiger partial charge < -0.3 is 14.6 Å². The van der Waals surface area contributed by atoms with Gasteiger partial charge in [-0.3, -0.25) is 4.79 Å². The number of ether oxygens (including phenoxy) is 1. The summed E-state index contributed by atoms with van der Waals surface area (Å²) in [4.78, 5) is 11.9. The molecule has 0 aliphatic heterocycles. The third kappa shape index (κ3) is 4.10. The average molecular weight is 302 g/mol. The first-order valence-electron chi connectivity index (χ1n) is 7.42. The van der Waals surface area contributed by atoms with Crippen LogP contribution in [0.3, 0.4) is 0 Å². The van der Waals surface area contributed by atoms with E-state index in [0.29, 0.717) is 19.4 Å². The van der Waals surface area contributed by atoms with E-state index in [-0.39, 0.29) is 5.91 Å². The molecule has 0 unspecified atom stereocenters. The zero-order valence-electron chi connectivity index (χ0n) is 13.3. The van der Waals surface area contributed by atoms with Gasteiger partial charge in [-0.15, -0.1) is 0 Å². The normalized spacial score (nSPS) is 10.5. The summed E-state index contributed by atoms with van der Waals surface area (Å²) in [5, 5.41) is 6.84. The number of aromatic nitrogens is 1. The smallest absolute Gasteiger partial charge is 0.220 e. The van der Waals surface area contributed by atoms with Gasteiger partial charge in [0, 0.05) is 18.5 Å². The third-order valence-corrected chi connectivity index (χ3v) is 3.69. The van der Waals surface area contributed by atoms with E-state index in [1.54, 1.807) is 7.11 Å². The van der Waals surface area contributed by atoms with Crippen molar-refractivity contribution in [1.82, 2.24) is 10.5 Å². The van der Waals surface area contributed by atoms with E-state index in [1.807, 2.05) is 38.1 Å². The first-order valence-corrected chi connectivity index (χ1v) is 7.42. The third-order valence-electron chi connectivity index (χ3n) is 3.69. The molecule has 22 heavy (non-hydrogen) atoms. The first kappa shape index (κ1) is 16.1. The van der Waals surface area contributed by atoms with Crippen LogP contribution in [0.1, 0.15) is 29.0 Å². The highest BCUT2D eigenvalue weighted by atomic mass is 16.5. The zero-order chi connectivity index (χ0) is 15.9. The number of para-hydroxylation sites is 1. The number of nitrogens with zero attached hydrogens (tertiary/aromatic N) is 1. The summed E-state index contributed by atoms with van der Waals surface area (Å²) in [5.74, 6) is 1.68. The Bertz CT molecular complexity index is 615. The summed E-state index contributed by atoms with van der Waals surface area (Å²) in [6, 6.07) is 7.76. The zero-order valence-corrected chi connectivity index (χ0v) is 13.3. The summed E-state index contributed by atoms with van der Waals surface area (Å²) < 4.78 is 10.4. The average Bonchev–Trinajstić information content (AvgIpc) is 2.85. The number of hydrogen-bond donors (Lipinski definition) is 1. The second kappa shape index (κ2) is 7.64. The van der Waals surface area contributed by atoms with Gasteiger partial charge >= 0.3 is 0 Å². The lowest BCUT2D eigenvalue weighted by Gasteiger charge is -2.08. The highest BCUT2D eigenvalue weighted by Crippen LogP contribution is 2.18. The van der Waals surface area contributed by atoms with Crippen molar-refractivity contribution >= 4 is 5.91 Å². The molecule has 0 saturated heterocycles. The van der Waals surface area contributed by atoms with Crippen LogP contribution in [0.5, 0.6) is 5.75 Å². The summed E-state index contributed by atoms with van der Waals surface area (Å²) in [6.45, 7) is 4.39. The van der Waals surface area contributed by atoms with Crippen LogP contribution in [0.4, 0.5) is 0 Å². The molecular weight excluding hydrogens is 280 g/mol. The van der Waals surface area contributed by atoms with Crippen molar-refractivity contribution in [2.75, 3.05) is 13.7 Å². The number of amides is 1. The molecule has 0 saturated carbocycles. The number of rotatable bonds is 7. The summed E-state index contributed by atoms with van der Waals surface area (Å²) in [5.41, 5.74) is 3.01. The van der Waals surface area contributed by atoms with Crippen LogP contribution in [-0.2, 0) is 17.6 Å². The van der Waals surface area contributed by atoms with E-state index in [2.05, 4.69) is 10.5 Å². The molecule has 2 aromatic rings. The van der Waals surface area contributed by atoms with E-state index in [4.69, 9.17) is 9.26 Å². The van der Waals surface area contributed by atoms with Crippen LogP contribution in [0.25, 0.3) is 0 Å². The standard InChI is InChI=1S/C17H22N2O3/c1-12-15(13(2)22-19-12)10-11-18-17(20)9-8-14-6-4-5-7-16(14)21-3/h4-7H,8-11H2,1-3H3,(H,18,20). The molecule has 1 aromatic heterocycles. The first-order chi connectivity index (χ1) is 10.6. The fraction of sp³-hybridized carbons (Fsp3) is 0.412. The quantitative estimate of drug-likeness (QED) is 0.854.